The molecule has 1 aromatic carbocycles. The van der Waals surface area contributed by atoms with Gasteiger partial charge in [-0.15, -0.1) is 0 Å². The molecule has 0 N–H and O–H groups in total. The number of benzene rings is 1. The monoisotopic (exact) mass is 428 g/mol. The van der Waals surface area contributed by atoms with E-state index in [2.05, 4.69) is 11.9 Å². The van der Waals surface area contributed by atoms with Crippen LogP contribution in [0.1, 0.15) is 38.5 Å². The molecular weight excluding hydrogens is 396 g/mol. The zero-order chi connectivity index (χ0) is 21.4. The number of carbonyl (C=O) groups excluding carboxylic acids is 2. The van der Waals surface area contributed by atoms with Gasteiger partial charge in [-0.25, -0.2) is 9.69 Å². The van der Waals surface area contributed by atoms with E-state index >= 15 is 0 Å². The van der Waals surface area contributed by atoms with Crippen molar-refractivity contribution in [1.82, 2.24) is 9.80 Å². The highest BCUT2D eigenvalue weighted by atomic mass is 16.7. The van der Waals surface area contributed by atoms with Crippen molar-refractivity contribution < 1.29 is 23.8 Å². The molecule has 0 aromatic heterocycles. The lowest BCUT2D eigenvalue weighted by atomic mass is 9.72. The quantitative estimate of drug-likeness (QED) is 0.733. The Morgan fingerprint density at radius 1 is 1.16 bits per heavy atom. The Kier molecular flexibility index (Phi) is 5.75. The van der Waals surface area contributed by atoms with E-state index in [1.54, 1.807) is 12.1 Å². The SMILES string of the molecule is CN1C[C@H](C(=O)N(CC2CC2)C(=O)Oc2ccccc2)C[C@@H]2CC3(CC[C@H]21)OCCO3. The van der Waals surface area contributed by atoms with Crippen molar-refractivity contribution in [3.05, 3.63) is 30.3 Å². The van der Waals surface area contributed by atoms with Crippen LogP contribution in [-0.2, 0) is 14.3 Å². The molecule has 0 unspecified atom stereocenters. The minimum atomic E-state index is -0.560. The average molecular weight is 429 g/mol. The first-order valence-electron chi connectivity index (χ1n) is 11.6. The number of carbonyl (C=O) groups is 2. The van der Waals surface area contributed by atoms with Crippen LogP contribution in [0.25, 0.3) is 0 Å². The molecule has 4 aliphatic rings. The number of para-hydroxylation sites is 1. The summed E-state index contributed by atoms with van der Waals surface area (Å²) in [5.74, 6) is 0.405. The number of imide groups is 1. The molecule has 2 aliphatic heterocycles. The molecule has 2 aliphatic carbocycles. The topological polar surface area (TPSA) is 68.3 Å². The van der Waals surface area contributed by atoms with Gasteiger partial charge < -0.3 is 19.1 Å². The van der Waals surface area contributed by atoms with Crippen molar-refractivity contribution >= 4 is 12.0 Å². The van der Waals surface area contributed by atoms with Crippen LogP contribution in [0.2, 0.25) is 0 Å². The summed E-state index contributed by atoms with van der Waals surface area (Å²) in [6.45, 7) is 2.43. The van der Waals surface area contributed by atoms with E-state index in [0.717, 1.165) is 38.5 Å². The number of hydrogen-bond donors (Lipinski definition) is 0. The van der Waals surface area contributed by atoms with Crippen LogP contribution in [0.4, 0.5) is 4.79 Å². The van der Waals surface area contributed by atoms with E-state index in [0.29, 0.717) is 49.9 Å². The molecule has 5 rings (SSSR count). The van der Waals surface area contributed by atoms with Crippen LogP contribution in [-0.4, -0.2) is 67.0 Å². The Morgan fingerprint density at radius 2 is 1.90 bits per heavy atom. The van der Waals surface area contributed by atoms with Crippen molar-refractivity contribution in [1.29, 1.82) is 0 Å². The van der Waals surface area contributed by atoms with Crippen LogP contribution in [0.5, 0.6) is 5.75 Å². The zero-order valence-corrected chi connectivity index (χ0v) is 18.2. The van der Waals surface area contributed by atoms with Gasteiger partial charge in [0.15, 0.2) is 5.79 Å². The fourth-order valence-corrected chi connectivity index (χ4v) is 5.60. The second-order valence-electron chi connectivity index (χ2n) is 9.62. The molecule has 0 bridgehead atoms. The predicted octanol–water partition coefficient (Wildman–Crippen LogP) is 3.29. The Morgan fingerprint density at radius 3 is 2.61 bits per heavy atom. The number of hydrogen-bond acceptors (Lipinski definition) is 6. The van der Waals surface area contributed by atoms with Gasteiger partial charge in [0.1, 0.15) is 5.75 Å². The van der Waals surface area contributed by atoms with E-state index in [9.17, 15) is 9.59 Å². The molecule has 0 radical (unpaired) electrons. The summed E-state index contributed by atoms with van der Waals surface area (Å²) in [7, 11) is 2.10. The van der Waals surface area contributed by atoms with Gasteiger partial charge in [-0.2, -0.15) is 0 Å². The number of likely N-dealkylation sites (tertiary alicyclic amines) is 1. The zero-order valence-electron chi connectivity index (χ0n) is 18.2. The van der Waals surface area contributed by atoms with Crippen molar-refractivity contribution in [3.63, 3.8) is 0 Å². The molecule has 168 valence electrons. The van der Waals surface area contributed by atoms with Crippen molar-refractivity contribution in [3.8, 4) is 5.75 Å². The second kappa shape index (κ2) is 8.52. The molecule has 31 heavy (non-hydrogen) atoms. The molecule has 2 saturated heterocycles. The predicted molar refractivity (Wildman–Crippen MR) is 113 cm³/mol. The Labute approximate surface area is 183 Å². The highest BCUT2D eigenvalue weighted by Gasteiger charge is 2.50. The van der Waals surface area contributed by atoms with Crippen molar-refractivity contribution in [2.75, 3.05) is 33.4 Å². The summed E-state index contributed by atoms with van der Waals surface area (Å²) < 4.78 is 17.5. The molecule has 1 spiro atoms. The molecule has 7 nitrogen and oxygen atoms in total. The lowest BCUT2D eigenvalue weighted by Crippen LogP contribution is -2.56. The number of rotatable bonds is 4. The van der Waals surface area contributed by atoms with Gasteiger partial charge in [-0.05, 0) is 56.7 Å². The third kappa shape index (κ3) is 4.49. The van der Waals surface area contributed by atoms with Crippen molar-refractivity contribution in [2.24, 2.45) is 17.8 Å². The number of nitrogens with zero attached hydrogens (tertiary/aromatic N) is 2. The van der Waals surface area contributed by atoms with Crippen LogP contribution in [0, 0.1) is 17.8 Å². The lowest BCUT2D eigenvalue weighted by molar-refractivity contribution is -0.202. The van der Waals surface area contributed by atoms with Crippen LogP contribution < -0.4 is 4.74 Å². The first-order valence-corrected chi connectivity index (χ1v) is 11.6. The van der Waals surface area contributed by atoms with Gasteiger partial charge in [-0.3, -0.25) is 4.79 Å². The van der Waals surface area contributed by atoms with Gasteiger partial charge in [0.05, 0.1) is 19.1 Å². The van der Waals surface area contributed by atoms with Crippen LogP contribution in [0.15, 0.2) is 30.3 Å². The largest absolute Gasteiger partial charge is 0.422 e. The highest BCUT2D eigenvalue weighted by molar-refractivity contribution is 5.94. The van der Waals surface area contributed by atoms with E-state index in [4.69, 9.17) is 14.2 Å². The smallest absolute Gasteiger partial charge is 0.410 e. The maximum Gasteiger partial charge on any atom is 0.422 e. The third-order valence-electron chi connectivity index (χ3n) is 7.34. The van der Waals surface area contributed by atoms with Crippen LogP contribution in [0.3, 0.4) is 0 Å². The summed E-state index contributed by atoms with van der Waals surface area (Å²) in [5.41, 5.74) is 0. The van der Waals surface area contributed by atoms with E-state index < -0.39 is 11.9 Å². The third-order valence-corrected chi connectivity index (χ3v) is 7.34. The van der Waals surface area contributed by atoms with E-state index in [1.165, 1.54) is 4.90 Å². The lowest BCUT2D eigenvalue weighted by Gasteiger charge is -2.49. The molecule has 1 aromatic rings. The molecular formula is C24H32N2O5. The summed E-state index contributed by atoms with van der Waals surface area (Å²) >= 11 is 0. The van der Waals surface area contributed by atoms with Crippen molar-refractivity contribution in [2.45, 2.75) is 50.4 Å². The molecule has 2 amide bonds. The minimum absolute atomic E-state index is 0.106. The summed E-state index contributed by atoms with van der Waals surface area (Å²) in [6, 6.07) is 9.42. The van der Waals surface area contributed by atoms with E-state index in [1.807, 2.05) is 18.2 Å². The van der Waals surface area contributed by atoms with Crippen LogP contribution >= 0.6 is 0 Å². The summed E-state index contributed by atoms with van der Waals surface area (Å²) in [4.78, 5) is 30.2. The Balaban J connectivity index is 1.29. The number of piperidine rings is 1. The summed E-state index contributed by atoms with van der Waals surface area (Å²) in [6.07, 6.45) is 5.09. The van der Waals surface area contributed by atoms with Gasteiger partial charge in [0, 0.05) is 32.0 Å². The maximum absolute atomic E-state index is 13.6. The molecule has 2 heterocycles. The standard InChI is InChI=1S/C24H32N2O5/c1-25-16-19(13-18-14-24(10-9-21(18)25)29-11-12-30-24)22(27)26(15-17-7-8-17)23(28)31-20-5-3-2-4-6-20/h2-6,17-19,21H,7-16H2,1H3/t18-,19-,21-/m1/s1. The molecule has 7 heteroatoms. The number of amides is 2. The number of ether oxygens (including phenoxy) is 3. The summed E-state index contributed by atoms with van der Waals surface area (Å²) in [5, 5.41) is 0. The van der Waals surface area contributed by atoms with Gasteiger partial charge in [-0.1, -0.05) is 18.2 Å². The normalized spacial score (nSPS) is 30.0. The minimum Gasteiger partial charge on any atom is -0.410 e. The number of fused-ring (bicyclic) bond motifs is 1. The first-order chi connectivity index (χ1) is 15.0. The fraction of sp³-hybridized carbons (Fsp3) is 0.667. The van der Waals surface area contributed by atoms with Gasteiger partial charge >= 0.3 is 6.09 Å². The van der Waals surface area contributed by atoms with E-state index in [-0.39, 0.29) is 11.8 Å². The van der Waals surface area contributed by atoms with Gasteiger partial charge in [0.25, 0.3) is 0 Å². The fourth-order valence-electron chi connectivity index (χ4n) is 5.60. The highest BCUT2D eigenvalue weighted by Crippen LogP contribution is 2.45. The Hall–Kier alpha value is -1.96. The van der Waals surface area contributed by atoms with Gasteiger partial charge in [0.2, 0.25) is 5.91 Å². The Bertz CT molecular complexity index is 805. The average Bonchev–Trinajstić information content (AvgIpc) is 3.49. The second-order valence-corrected chi connectivity index (χ2v) is 9.62. The first kappa shape index (κ1) is 20.9. The maximum atomic E-state index is 13.6. The molecule has 3 atom stereocenters. The molecule has 2 saturated carbocycles. The molecule has 4 fully saturated rings.